The van der Waals surface area contributed by atoms with E-state index in [1.54, 1.807) is 7.11 Å². The molecule has 5 nitrogen and oxygen atoms in total. The van der Waals surface area contributed by atoms with Crippen molar-refractivity contribution in [2.75, 3.05) is 17.7 Å². The van der Waals surface area contributed by atoms with E-state index in [0.29, 0.717) is 12.0 Å². The first-order valence-electron chi connectivity index (χ1n) is 8.42. The largest absolute Gasteiger partial charge is 0.497 e. The zero-order valence-electron chi connectivity index (χ0n) is 14.1. The van der Waals surface area contributed by atoms with Crippen LogP contribution >= 0.6 is 0 Å². The van der Waals surface area contributed by atoms with Crippen LogP contribution < -0.4 is 15.4 Å². The number of aromatic nitrogens is 2. The molecule has 0 spiro atoms. The molecule has 1 aliphatic rings. The minimum atomic E-state index is 0.496. The summed E-state index contributed by atoms with van der Waals surface area (Å²) in [5.74, 6) is 2.22. The van der Waals surface area contributed by atoms with Crippen LogP contribution in [0.3, 0.4) is 0 Å². The molecule has 1 heterocycles. The van der Waals surface area contributed by atoms with E-state index in [0.717, 1.165) is 28.5 Å². The van der Waals surface area contributed by atoms with Gasteiger partial charge in [-0.15, -0.1) is 0 Å². The summed E-state index contributed by atoms with van der Waals surface area (Å²) in [5, 5.41) is 6.74. The van der Waals surface area contributed by atoms with Crippen LogP contribution in [0, 0.1) is 0 Å². The zero-order chi connectivity index (χ0) is 17.1. The summed E-state index contributed by atoms with van der Waals surface area (Å²) in [5.41, 5.74) is 2.89. The lowest BCUT2D eigenvalue weighted by atomic mass is 10.1. The fourth-order valence-corrected chi connectivity index (χ4v) is 2.59. The first-order chi connectivity index (χ1) is 12.3. The molecule has 25 heavy (non-hydrogen) atoms. The van der Waals surface area contributed by atoms with Crippen molar-refractivity contribution in [1.82, 2.24) is 9.97 Å². The second kappa shape index (κ2) is 6.81. The van der Waals surface area contributed by atoms with Crippen molar-refractivity contribution in [3.63, 3.8) is 0 Å². The van der Waals surface area contributed by atoms with Gasteiger partial charge in [-0.05, 0) is 25.0 Å². The molecule has 5 heteroatoms. The van der Waals surface area contributed by atoms with Gasteiger partial charge in [-0.2, -0.15) is 4.98 Å². The van der Waals surface area contributed by atoms with Crippen LogP contribution in [0.15, 0.2) is 60.7 Å². The van der Waals surface area contributed by atoms with Gasteiger partial charge in [0.25, 0.3) is 0 Å². The van der Waals surface area contributed by atoms with Crippen molar-refractivity contribution in [3.8, 4) is 17.0 Å². The van der Waals surface area contributed by atoms with Gasteiger partial charge in [-0.1, -0.05) is 36.4 Å². The lowest BCUT2D eigenvalue weighted by molar-refractivity contribution is 0.415. The van der Waals surface area contributed by atoms with Gasteiger partial charge < -0.3 is 15.4 Å². The molecule has 3 aromatic rings. The van der Waals surface area contributed by atoms with Gasteiger partial charge in [0.05, 0.1) is 12.8 Å². The average Bonchev–Trinajstić information content (AvgIpc) is 3.46. The molecule has 0 saturated heterocycles. The normalized spacial score (nSPS) is 13.3. The van der Waals surface area contributed by atoms with Crippen LogP contribution in [0.5, 0.6) is 5.75 Å². The van der Waals surface area contributed by atoms with Crippen molar-refractivity contribution < 1.29 is 4.74 Å². The van der Waals surface area contributed by atoms with E-state index in [1.807, 2.05) is 48.5 Å². The highest BCUT2D eigenvalue weighted by Gasteiger charge is 2.22. The van der Waals surface area contributed by atoms with Gasteiger partial charge in [0.1, 0.15) is 11.6 Å². The Hall–Kier alpha value is -3.08. The van der Waals surface area contributed by atoms with Gasteiger partial charge >= 0.3 is 0 Å². The summed E-state index contributed by atoms with van der Waals surface area (Å²) in [4.78, 5) is 9.29. The molecule has 0 aliphatic heterocycles. The van der Waals surface area contributed by atoms with Gasteiger partial charge in [0.2, 0.25) is 5.95 Å². The smallest absolute Gasteiger partial charge is 0.225 e. The second-order valence-corrected chi connectivity index (χ2v) is 6.10. The summed E-state index contributed by atoms with van der Waals surface area (Å²) in [7, 11) is 1.66. The maximum Gasteiger partial charge on any atom is 0.225 e. The zero-order valence-corrected chi connectivity index (χ0v) is 14.1. The SMILES string of the molecule is COc1cccc(Nc2cc(-c3ccccc3)nc(NC3CC3)n2)c1. The summed E-state index contributed by atoms with van der Waals surface area (Å²) in [6, 6.07) is 20.4. The Bertz CT molecular complexity index is 863. The molecular weight excluding hydrogens is 312 g/mol. The number of anilines is 3. The number of benzene rings is 2. The second-order valence-electron chi connectivity index (χ2n) is 6.10. The Kier molecular flexibility index (Phi) is 4.21. The standard InChI is InChI=1S/C20H20N4O/c1-25-17-9-5-8-16(12-17)21-19-13-18(14-6-3-2-4-7-14)23-20(24-19)22-15-10-11-15/h2-9,12-13,15H,10-11H2,1H3,(H2,21,22,23,24). The molecular formula is C20H20N4O. The first-order valence-corrected chi connectivity index (χ1v) is 8.42. The van der Waals surface area contributed by atoms with E-state index >= 15 is 0 Å². The van der Waals surface area contributed by atoms with Gasteiger partial charge in [-0.3, -0.25) is 0 Å². The van der Waals surface area contributed by atoms with Crippen molar-refractivity contribution in [2.45, 2.75) is 18.9 Å². The van der Waals surface area contributed by atoms with Crippen LogP contribution in [0.4, 0.5) is 17.5 Å². The Balaban J connectivity index is 1.67. The molecule has 0 atom stereocenters. The summed E-state index contributed by atoms with van der Waals surface area (Å²) in [6.45, 7) is 0. The van der Waals surface area contributed by atoms with Crippen LogP contribution in [-0.2, 0) is 0 Å². The highest BCUT2D eigenvalue weighted by molar-refractivity contribution is 5.67. The fourth-order valence-electron chi connectivity index (χ4n) is 2.59. The van der Waals surface area contributed by atoms with Crippen molar-refractivity contribution >= 4 is 17.5 Å². The predicted molar refractivity (Wildman–Crippen MR) is 100 cm³/mol. The Morgan fingerprint density at radius 3 is 2.56 bits per heavy atom. The maximum absolute atomic E-state index is 5.29. The molecule has 1 saturated carbocycles. The topological polar surface area (TPSA) is 59.1 Å². The molecule has 1 aromatic heterocycles. The van der Waals surface area contributed by atoms with E-state index in [-0.39, 0.29) is 0 Å². The van der Waals surface area contributed by atoms with E-state index in [4.69, 9.17) is 4.74 Å². The number of nitrogens with zero attached hydrogens (tertiary/aromatic N) is 2. The highest BCUT2D eigenvalue weighted by Crippen LogP contribution is 2.28. The molecule has 2 aromatic carbocycles. The molecule has 126 valence electrons. The van der Waals surface area contributed by atoms with E-state index in [9.17, 15) is 0 Å². The van der Waals surface area contributed by atoms with Crippen molar-refractivity contribution in [2.24, 2.45) is 0 Å². The van der Waals surface area contributed by atoms with Crippen LogP contribution in [0.1, 0.15) is 12.8 Å². The van der Waals surface area contributed by atoms with Crippen LogP contribution in [0.25, 0.3) is 11.3 Å². The summed E-state index contributed by atoms with van der Waals surface area (Å²) < 4.78 is 5.29. The third kappa shape index (κ3) is 3.88. The summed E-state index contributed by atoms with van der Waals surface area (Å²) >= 11 is 0. The molecule has 1 aliphatic carbocycles. The lowest BCUT2D eigenvalue weighted by Gasteiger charge is -2.12. The predicted octanol–water partition coefficient (Wildman–Crippen LogP) is 4.47. The Morgan fingerprint density at radius 1 is 0.960 bits per heavy atom. The van der Waals surface area contributed by atoms with E-state index in [1.165, 1.54) is 12.8 Å². The molecule has 0 unspecified atom stereocenters. The minimum absolute atomic E-state index is 0.496. The first kappa shape index (κ1) is 15.4. The van der Waals surface area contributed by atoms with Crippen LogP contribution in [0.2, 0.25) is 0 Å². The van der Waals surface area contributed by atoms with Crippen molar-refractivity contribution in [3.05, 3.63) is 60.7 Å². The summed E-state index contributed by atoms with van der Waals surface area (Å²) in [6.07, 6.45) is 2.36. The average molecular weight is 332 g/mol. The third-order valence-electron chi connectivity index (χ3n) is 4.05. The quantitative estimate of drug-likeness (QED) is 0.697. The molecule has 2 N–H and O–H groups in total. The number of rotatable bonds is 6. The van der Waals surface area contributed by atoms with Crippen LogP contribution in [-0.4, -0.2) is 23.1 Å². The molecule has 4 rings (SSSR count). The lowest BCUT2D eigenvalue weighted by Crippen LogP contribution is -2.07. The molecule has 1 fully saturated rings. The van der Waals surface area contributed by atoms with Crippen molar-refractivity contribution in [1.29, 1.82) is 0 Å². The maximum atomic E-state index is 5.29. The number of methoxy groups -OCH3 is 1. The number of ether oxygens (including phenoxy) is 1. The highest BCUT2D eigenvalue weighted by atomic mass is 16.5. The van der Waals surface area contributed by atoms with E-state index in [2.05, 4.69) is 32.7 Å². The van der Waals surface area contributed by atoms with Gasteiger partial charge in [0.15, 0.2) is 0 Å². The van der Waals surface area contributed by atoms with E-state index < -0.39 is 0 Å². The molecule has 0 amide bonds. The van der Waals surface area contributed by atoms with Gasteiger partial charge in [-0.25, -0.2) is 4.98 Å². The fraction of sp³-hybridized carbons (Fsp3) is 0.200. The number of nitrogens with one attached hydrogen (secondary N) is 2. The Morgan fingerprint density at radius 2 is 1.80 bits per heavy atom. The number of hydrogen-bond acceptors (Lipinski definition) is 5. The number of hydrogen-bond donors (Lipinski definition) is 2. The Labute approximate surface area is 147 Å². The third-order valence-corrected chi connectivity index (χ3v) is 4.05. The molecule has 0 bridgehead atoms. The van der Waals surface area contributed by atoms with Gasteiger partial charge in [0, 0.05) is 29.4 Å². The minimum Gasteiger partial charge on any atom is -0.497 e. The molecule has 0 radical (unpaired) electrons. The monoisotopic (exact) mass is 332 g/mol.